The van der Waals surface area contributed by atoms with Gasteiger partial charge >= 0.3 is 0 Å². The number of hydrogen-bond donors (Lipinski definition) is 2. The van der Waals surface area contributed by atoms with Gasteiger partial charge in [0.2, 0.25) is 0 Å². The summed E-state index contributed by atoms with van der Waals surface area (Å²) in [6.45, 7) is 8.53. The first-order valence-electron chi connectivity index (χ1n) is 6.99. The lowest BCUT2D eigenvalue weighted by Crippen LogP contribution is -2.27. The maximum Gasteiger partial charge on any atom is 0.287 e. The molecule has 2 rings (SSSR count). The number of nitrogens with one attached hydrogen (secondary N) is 2. The molecule has 114 valence electrons. The quantitative estimate of drug-likeness (QED) is 0.793. The van der Waals surface area contributed by atoms with Crippen molar-refractivity contribution in [2.24, 2.45) is 0 Å². The van der Waals surface area contributed by atoms with Crippen molar-refractivity contribution in [3.05, 3.63) is 29.5 Å². The van der Waals surface area contributed by atoms with Crippen LogP contribution in [0.2, 0.25) is 0 Å². The van der Waals surface area contributed by atoms with Gasteiger partial charge in [0.05, 0.1) is 12.6 Å². The van der Waals surface area contributed by atoms with E-state index in [0.717, 1.165) is 18.8 Å². The molecular weight excluding hydrogens is 272 g/mol. The minimum atomic E-state index is -0.340. The topological polar surface area (TPSA) is 99.9 Å². The van der Waals surface area contributed by atoms with Gasteiger partial charge in [-0.1, -0.05) is 19.1 Å². The Kier molecular flexibility index (Phi) is 5.04. The minimum Gasteiger partial charge on any atom is -0.455 e. The Morgan fingerprint density at radius 1 is 1.43 bits per heavy atom. The molecule has 2 heterocycles. The number of hydrogen-bond acceptors (Lipinski definition) is 6. The third-order valence-electron chi connectivity index (χ3n) is 3.26. The van der Waals surface area contributed by atoms with E-state index in [4.69, 9.17) is 4.42 Å². The Morgan fingerprint density at radius 3 is 2.81 bits per heavy atom. The number of tetrazole rings is 1. The van der Waals surface area contributed by atoms with E-state index >= 15 is 0 Å². The fraction of sp³-hybridized carbons (Fsp3) is 0.538. The van der Waals surface area contributed by atoms with Gasteiger partial charge in [-0.3, -0.25) is 9.69 Å². The molecule has 1 atom stereocenters. The van der Waals surface area contributed by atoms with Gasteiger partial charge in [-0.15, -0.1) is 10.2 Å². The highest BCUT2D eigenvalue weighted by molar-refractivity contribution is 5.91. The Bertz CT molecular complexity index is 561. The summed E-state index contributed by atoms with van der Waals surface area (Å²) in [7, 11) is 0. The number of aromatic nitrogens is 4. The molecule has 2 N–H and O–H groups in total. The average Bonchev–Trinajstić information content (AvgIpc) is 3.16. The maximum atomic E-state index is 12.1. The number of nitrogens with zero attached hydrogens (tertiary/aromatic N) is 4. The Hall–Kier alpha value is -2.22. The summed E-state index contributed by atoms with van der Waals surface area (Å²) >= 11 is 0. The summed E-state index contributed by atoms with van der Waals surface area (Å²) in [5.41, 5.74) is 0. The van der Waals surface area contributed by atoms with Gasteiger partial charge in [0, 0.05) is 0 Å². The first-order valence-corrected chi connectivity index (χ1v) is 6.99. The predicted molar refractivity (Wildman–Crippen MR) is 75.4 cm³/mol. The number of H-pyrrole nitrogens is 1. The highest BCUT2D eigenvalue weighted by Crippen LogP contribution is 2.12. The van der Waals surface area contributed by atoms with E-state index < -0.39 is 0 Å². The fourth-order valence-corrected chi connectivity index (χ4v) is 1.94. The molecule has 0 saturated carbocycles. The second-order valence-electron chi connectivity index (χ2n) is 4.69. The molecule has 0 bridgehead atoms. The molecule has 21 heavy (non-hydrogen) atoms. The molecule has 1 unspecified atom stereocenters. The minimum absolute atomic E-state index is 0.285. The number of rotatable bonds is 7. The van der Waals surface area contributed by atoms with Crippen molar-refractivity contribution in [2.45, 2.75) is 33.4 Å². The smallest absolute Gasteiger partial charge is 0.287 e. The van der Waals surface area contributed by atoms with E-state index in [2.05, 4.69) is 44.7 Å². The zero-order valence-corrected chi connectivity index (χ0v) is 12.5. The van der Waals surface area contributed by atoms with Crippen LogP contribution in [0.3, 0.4) is 0 Å². The molecule has 2 aromatic rings. The molecule has 1 amide bonds. The van der Waals surface area contributed by atoms with Crippen LogP contribution in [0.5, 0.6) is 0 Å². The van der Waals surface area contributed by atoms with Crippen molar-refractivity contribution in [1.29, 1.82) is 0 Å². The maximum absolute atomic E-state index is 12.1. The molecular formula is C13H20N6O2. The largest absolute Gasteiger partial charge is 0.455 e. The lowest BCUT2D eigenvalue weighted by atomic mass is 10.3. The summed E-state index contributed by atoms with van der Waals surface area (Å²) in [5.74, 6) is 1.19. The van der Waals surface area contributed by atoms with Gasteiger partial charge < -0.3 is 9.73 Å². The number of amides is 1. The fourth-order valence-electron chi connectivity index (χ4n) is 1.94. The molecule has 0 aliphatic rings. The van der Waals surface area contributed by atoms with Crippen molar-refractivity contribution in [2.75, 3.05) is 13.1 Å². The van der Waals surface area contributed by atoms with Gasteiger partial charge in [-0.25, -0.2) is 0 Å². The first kappa shape index (κ1) is 15.2. The third kappa shape index (κ3) is 3.88. The number of carbonyl (C=O) groups excluding carboxylic acids is 1. The molecule has 0 spiro atoms. The van der Waals surface area contributed by atoms with E-state index in [9.17, 15) is 4.79 Å². The van der Waals surface area contributed by atoms with Crippen LogP contribution in [-0.4, -0.2) is 44.5 Å². The van der Waals surface area contributed by atoms with Crippen molar-refractivity contribution >= 4 is 5.91 Å². The predicted octanol–water partition coefficient (Wildman–Crippen LogP) is 1.13. The molecule has 0 aromatic carbocycles. The van der Waals surface area contributed by atoms with Crippen LogP contribution in [0.1, 0.15) is 49.0 Å². The lowest BCUT2D eigenvalue weighted by Gasteiger charge is -2.15. The number of carbonyl (C=O) groups is 1. The first-order chi connectivity index (χ1) is 10.1. The highest BCUT2D eigenvalue weighted by Gasteiger charge is 2.17. The monoisotopic (exact) mass is 292 g/mol. The van der Waals surface area contributed by atoms with Crippen LogP contribution < -0.4 is 5.32 Å². The van der Waals surface area contributed by atoms with Gasteiger partial charge in [0.15, 0.2) is 11.6 Å². The van der Waals surface area contributed by atoms with Crippen LogP contribution in [-0.2, 0) is 6.54 Å². The zero-order chi connectivity index (χ0) is 15.2. The van der Waals surface area contributed by atoms with Gasteiger partial charge in [-0.05, 0) is 32.1 Å². The van der Waals surface area contributed by atoms with Gasteiger partial charge in [0.1, 0.15) is 5.76 Å². The SMILES string of the molecule is CCN(CC)Cc1ccc(C(=O)NC(C)c2nn[nH]n2)o1. The lowest BCUT2D eigenvalue weighted by molar-refractivity contribution is 0.0906. The van der Waals surface area contributed by atoms with Crippen LogP contribution >= 0.6 is 0 Å². The summed E-state index contributed by atoms with van der Waals surface area (Å²) < 4.78 is 5.58. The van der Waals surface area contributed by atoms with Crippen molar-refractivity contribution in [3.8, 4) is 0 Å². The summed E-state index contributed by atoms with van der Waals surface area (Å²) in [4.78, 5) is 14.3. The van der Waals surface area contributed by atoms with Crippen molar-refractivity contribution < 1.29 is 9.21 Å². The van der Waals surface area contributed by atoms with Crippen molar-refractivity contribution in [3.63, 3.8) is 0 Å². The normalized spacial score (nSPS) is 12.6. The van der Waals surface area contributed by atoms with Crippen LogP contribution in [0.4, 0.5) is 0 Å². The molecule has 0 aliphatic heterocycles. The summed E-state index contributed by atoms with van der Waals surface area (Å²) in [5, 5.41) is 16.2. The molecule has 0 radical (unpaired) electrons. The highest BCUT2D eigenvalue weighted by atomic mass is 16.4. The van der Waals surface area contributed by atoms with E-state index in [1.807, 2.05) is 6.07 Å². The Labute approximate surface area is 122 Å². The molecule has 2 aromatic heterocycles. The summed E-state index contributed by atoms with van der Waals surface area (Å²) in [6.07, 6.45) is 0. The number of furan rings is 1. The molecule has 0 fully saturated rings. The molecule has 8 nitrogen and oxygen atoms in total. The van der Waals surface area contributed by atoms with E-state index in [1.165, 1.54) is 0 Å². The van der Waals surface area contributed by atoms with Crippen molar-refractivity contribution in [1.82, 2.24) is 30.8 Å². The van der Waals surface area contributed by atoms with Gasteiger partial charge in [-0.2, -0.15) is 5.21 Å². The van der Waals surface area contributed by atoms with Gasteiger partial charge in [0.25, 0.3) is 5.91 Å². The van der Waals surface area contributed by atoms with Crippen LogP contribution in [0.15, 0.2) is 16.5 Å². The molecule has 0 aliphatic carbocycles. The second-order valence-corrected chi connectivity index (χ2v) is 4.69. The standard InChI is InChI=1S/C13H20N6O2/c1-4-19(5-2)8-10-6-7-11(21-10)13(20)14-9(3)12-15-17-18-16-12/h6-7,9H,4-5,8H2,1-3H3,(H,14,20)(H,15,16,17,18). The Balaban J connectivity index is 1.95. The van der Waals surface area contributed by atoms with E-state index in [0.29, 0.717) is 12.4 Å². The van der Waals surface area contributed by atoms with Crippen LogP contribution in [0, 0.1) is 0 Å². The number of aromatic amines is 1. The van der Waals surface area contributed by atoms with E-state index in [-0.39, 0.29) is 17.7 Å². The Morgan fingerprint density at radius 2 is 2.19 bits per heavy atom. The third-order valence-corrected chi connectivity index (χ3v) is 3.26. The summed E-state index contributed by atoms with van der Waals surface area (Å²) in [6, 6.07) is 3.16. The molecule has 0 saturated heterocycles. The average molecular weight is 292 g/mol. The zero-order valence-electron chi connectivity index (χ0n) is 12.5. The molecule has 8 heteroatoms. The second kappa shape index (κ2) is 6.98. The van der Waals surface area contributed by atoms with Crippen LogP contribution in [0.25, 0.3) is 0 Å². The van der Waals surface area contributed by atoms with E-state index in [1.54, 1.807) is 13.0 Å².